The standard InChI is InChI=1S/C25H33FO2/c1-15(2)28-24(27)20-11-12-21(17(4)14-20)23(26)19(6)18(5)22-16(3)10-9-13-25(22,7)8/h11-12,14-15H,5,9-10,13H2,1-4,6-8H3/b23-19-. The lowest BCUT2D eigenvalue weighted by atomic mass is 9.69. The molecule has 1 aromatic carbocycles. The van der Waals surface area contributed by atoms with E-state index in [1.165, 1.54) is 11.1 Å². The van der Waals surface area contributed by atoms with Crippen molar-refractivity contribution < 1.29 is 13.9 Å². The number of benzene rings is 1. The van der Waals surface area contributed by atoms with Crippen LogP contribution in [0.5, 0.6) is 0 Å². The molecule has 0 bridgehead atoms. The van der Waals surface area contributed by atoms with Crippen LogP contribution in [0.1, 0.15) is 82.3 Å². The van der Waals surface area contributed by atoms with Crippen molar-refractivity contribution in [3.05, 3.63) is 63.8 Å². The highest BCUT2D eigenvalue weighted by Gasteiger charge is 2.31. The van der Waals surface area contributed by atoms with Gasteiger partial charge in [0.25, 0.3) is 0 Å². The summed E-state index contributed by atoms with van der Waals surface area (Å²) in [6.45, 7) is 18.0. The van der Waals surface area contributed by atoms with Crippen molar-refractivity contribution in [2.24, 2.45) is 5.41 Å². The van der Waals surface area contributed by atoms with Gasteiger partial charge in [-0.05, 0) is 93.7 Å². The maximum Gasteiger partial charge on any atom is 0.338 e. The molecule has 0 N–H and O–H groups in total. The highest BCUT2D eigenvalue weighted by molar-refractivity contribution is 5.90. The predicted molar refractivity (Wildman–Crippen MR) is 115 cm³/mol. The van der Waals surface area contributed by atoms with Gasteiger partial charge in [-0.25, -0.2) is 9.18 Å². The van der Waals surface area contributed by atoms with E-state index >= 15 is 4.39 Å². The Balaban J connectivity index is 2.40. The van der Waals surface area contributed by atoms with E-state index in [2.05, 4.69) is 27.4 Å². The summed E-state index contributed by atoms with van der Waals surface area (Å²) in [5.74, 6) is -0.673. The minimum atomic E-state index is -0.389. The number of esters is 1. The molecule has 1 aromatic rings. The largest absolute Gasteiger partial charge is 0.459 e. The van der Waals surface area contributed by atoms with E-state index in [1.807, 2.05) is 6.92 Å². The Bertz CT molecular complexity index is 853. The van der Waals surface area contributed by atoms with Gasteiger partial charge in [0.2, 0.25) is 0 Å². The summed E-state index contributed by atoms with van der Waals surface area (Å²) in [7, 11) is 0. The molecule has 0 atom stereocenters. The summed E-state index contributed by atoms with van der Waals surface area (Å²) in [5.41, 5.74) is 5.46. The molecule has 0 fully saturated rings. The summed E-state index contributed by atoms with van der Waals surface area (Å²) in [6, 6.07) is 4.97. The molecule has 0 heterocycles. The Labute approximate surface area is 169 Å². The quantitative estimate of drug-likeness (QED) is 0.392. The lowest BCUT2D eigenvalue weighted by molar-refractivity contribution is 0.0378. The predicted octanol–water partition coefficient (Wildman–Crippen LogP) is 7.34. The van der Waals surface area contributed by atoms with Gasteiger partial charge in [-0.1, -0.05) is 32.1 Å². The van der Waals surface area contributed by atoms with Gasteiger partial charge >= 0.3 is 5.97 Å². The van der Waals surface area contributed by atoms with Crippen LogP contribution in [0.25, 0.3) is 5.83 Å². The zero-order chi connectivity index (χ0) is 21.2. The van der Waals surface area contributed by atoms with Crippen LogP contribution in [0.2, 0.25) is 0 Å². The van der Waals surface area contributed by atoms with Gasteiger partial charge in [0.05, 0.1) is 11.7 Å². The van der Waals surface area contributed by atoms with Gasteiger partial charge in [0.15, 0.2) is 0 Å². The molecule has 152 valence electrons. The molecule has 0 saturated carbocycles. The summed E-state index contributed by atoms with van der Waals surface area (Å²) in [6.07, 6.45) is 3.09. The molecule has 0 amide bonds. The molecule has 28 heavy (non-hydrogen) atoms. The van der Waals surface area contributed by atoms with Gasteiger partial charge in [0, 0.05) is 5.56 Å². The smallest absolute Gasteiger partial charge is 0.338 e. The number of ether oxygens (including phenoxy) is 1. The Hall–Kier alpha value is -2.16. The average molecular weight is 385 g/mol. The molecule has 0 aliphatic heterocycles. The first-order valence-electron chi connectivity index (χ1n) is 10.0. The normalized spacial score (nSPS) is 17.5. The molecule has 0 aromatic heterocycles. The van der Waals surface area contributed by atoms with Crippen LogP contribution in [-0.4, -0.2) is 12.1 Å². The minimum Gasteiger partial charge on any atom is -0.459 e. The minimum absolute atomic E-state index is 0.000459. The molecule has 1 aliphatic carbocycles. The van der Waals surface area contributed by atoms with E-state index in [-0.39, 0.29) is 23.3 Å². The maximum atomic E-state index is 15.4. The van der Waals surface area contributed by atoms with Gasteiger partial charge in [-0.3, -0.25) is 0 Å². The number of hydrogen-bond acceptors (Lipinski definition) is 2. The Kier molecular flexibility index (Phi) is 6.69. The Morgan fingerprint density at radius 1 is 1.25 bits per heavy atom. The molecule has 0 radical (unpaired) electrons. The summed E-state index contributed by atoms with van der Waals surface area (Å²) in [5, 5.41) is 0. The number of carbonyl (C=O) groups excluding carboxylic acids is 1. The molecule has 0 spiro atoms. The van der Waals surface area contributed by atoms with Crippen LogP contribution in [0.15, 0.2) is 47.1 Å². The first-order chi connectivity index (χ1) is 13.0. The summed E-state index contributed by atoms with van der Waals surface area (Å²) in [4.78, 5) is 12.1. The van der Waals surface area contributed by atoms with Crippen molar-refractivity contribution in [3.63, 3.8) is 0 Å². The van der Waals surface area contributed by atoms with Crippen molar-refractivity contribution in [1.82, 2.24) is 0 Å². The van der Waals surface area contributed by atoms with Gasteiger partial charge in [-0.15, -0.1) is 0 Å². The topological polar surface area (TPSA) is 26.3 Å². The van der Waals surface area contributed by atoms with Crippen LogP contribution in [0, 0.1) is 12.3 Å². The van der Waals surface area contributed by atoms with Crippen molar-refractivity contribution in [1.29, 1.82) is 0 Å². The molecule has 2 nitrogen and oxygen atoms in total. The average Bonchev–Trinajstić information content (AvgIpc) is 2.58. The molecule has 0 saturated heterocycles. The molecular weight excluding hydrogens is 351 g/mol. The number of hydrogen-bond donors (Lipinski definition) is 0. The lowest BCUT2D eigenvalue weighted by Crippen LogP contribution is -2.22. The summed E-state index contributed by atoms with van der Waals surface area (Å²) >= 11 is 0. The molecular formula is C25H33FO2. The van der Waals surface area contributed by atoms with Crippen molar-refractivity contribution >= 4 is 11.8 Å². The molecule has 3 heteroatoms. The van der Waals surface area contributed by atoms with E-state index in [0.29, 0.717) is 22.3 Å². The van der Waals surface area contributed by atoms with Crippen molar-refractivity contribution in [3.8, 4) is 0 Å². The van der Waals surface area contributed by atoms with Crippen molar-refractivity contribution in [2.75, 3.05) is 0 Å². The van der Waals surface area contributed by atoms with Crippen LogP contribution < -0.4 is 0 Å². The first kappa shape index (κ1) is 22.1. The zero-order valence-electron chi connectivity index (χ0n) is 18.3. The number of allylic oxidation sites excluding steroid dienone is 4. The third kappa shape index (κ3) is 4.63. The molecule has 1 aliphatic rings. The molecule has 2 rings (SSSR count). The van der Waals surface area contributed by atoms with Gasteiger partial charge in [0.1, 0.15) is 5.83 Å². The molecule has 0 unspecified atom stereocenters. The number of aryl methyl sites for hydroxylation is 1. The number of halogens is 1. The third-order valence-corrected chi connectivity index (χ3v) is 5.58. The first-order valence-corrected chi connectivity index (χ1v) is 10.0. The second-order valence-electron chi connectivity index (χ2n) is 8.79. The number of carbonyl (C=O) groups is 1. The highest BCUT2D eigenvalue weighted by Crippen LogP contribution is 2.46. The Morgan fingerprint density at radius 3 is 2.43 bits per heavy atom. The second kappa shape index (κ2) is 8.46. The van der Waals surface area contributed by atoms with Crippen molar-refractivity contribution in [2.45, 2.75) is 73.8 Å². The summed E-state index contributed by atoms with van der Waals surface area (Å²) < 4.78 is 20.6. The second-order valence-corrected chi connectivity index (χ2v) is 8.79. The fourth-order valence-electron chi connectivity index (χ4n) is 4.13. The van der Waals surface area contributed by atoms with E-state index in [4.69, 9.17) is 4.74 Å². The highest BCUT2D eigenvalue weighted by atomic mass is 19.1. The van der Waals surface area contributed by atoms with E-state index in [0.717, 1.165) is 24.8 Å². The number of rotatable bonds is 5. The Morgan fingerprint density at radius 2 is 1.89 bits per heavy atom. The van der Waals surface area contributed by atoms with Gasteiger partial charge in [-0.2, -0.15) is 0 Å². The van der Waals surface area contributed by atoms with Gasteiger partial charge < -0.3 is 4.74 Å². The van der Waals surface area contributed by atoms with E-state index in [9.17, 15) is 4.79 Å². The maximum absolute atomic E-state index is 15.4. The monoisotopic (exact) mass is 384 g/mol. The zero-order valence-corrected chi connectivity index (χ0v) is 18.3. The van der Waals surface area contributed by atoms with E-state index < -0.39 is 0 Å². The van der Waals surface area contributed by atoms with E-state index in [1.54, 1.807) is 39.0 Å². The third-order valence-electron chi connectivity index (χ3n) is 5.58. The van der Waals surface area contributed by atoms with Crippen LogP contribution in [0.4, 0.5) is 4.39 Å². The fraction of sp³-hybridized carbons (Fsp3) is 0.480. The van der Waals surface area contributed by atoms with Crippen LogP contribution in [0.3, 0.4) is 0 Å². The van der Waals surface area contributed by atoms with Crippen LogP contribution in [-0.2, 0) is 4.74 Å². The fourth-order valence-corrected chi connectivity index (χ4v) is 4.13. The lowest BCUT2D eigenvalue weighted by Gasteiger charge is -2.36. The van der Waals surface area contributed by atoms with Crippen LogP contribution >= 0.6 is 0 Å². The SMILES string of the molecule is C=C(C1=C(C)CCCC1(C)C)/C(C)=C(\F)c1ccc(C(=O)OC(C)C)cc1C.